The zero-order chi connectivity index (χ0) is 13.2. The molecule has 2 aromatic rings. The maximum Gasteiger partial charge on any atom is 0.335 e. The first kappa shape index (κ1) is 12.2. The van der Waals surface area contributed by atoms with Crippen molar-refractivity contribution in [2.75, 3.05) is 6.61 Å². The molecule has 100 valence electrons. The Bertz CT molecular complexity index is 600. The Morgan fingerprint density at radius 2 is 2.37 bits per heavy atom. The molecule has 0 spiro atoms. The van der Waals surface area contributed by atoms with Gasteiger partial charge in [-0.05, 0) is 37.5 Å². The van der Waals surface area contributed by atoms with E-state index in [9.17, 15) is 4.79 Å². The van der Waals surface area contributed by atoms with Crippen LogP contribution in [-0.2, 0) is 11.2 Å². The minimum Gasteiger partial charge on any atom is -0.478 e. The maximum absolute atomic E-state index is 10.9. The number of rotatable bonds is 3. The van der Waals surface area contributed by atoms with E-state index < -0.39 is 5.97 Å². The maximum atomic E-state index is 10.9. The van der Waals surface area contributed by atoms with Crippen molar-refractivity contribution < 1.29 is 14.6 Å². The van der Waals surface area contributed by atoms with Crippen molar-refractivity contribution in [1.82, 2.24) is 9.97 Å². The van der Waals surface area contributed by atoms with Crippen LogP contribution >= 0.6 is 0 Å². The Hall–Kier alpha value is -1.88. The number of fused-ring (bicyclic) bond motifs is 1. The van der Waals surface area contributed by atoms with E-state index in [1.165, 1.54) is 6.42 Å². The number of aromatic amines is 1. The molecule has 0 saturated carbocycles. The lowest BCUT2D eigenvalue weighted by Gasteiger charge is -2.21. The number of nitrogens with zero attached hydrogens (tertiary/aromatic N) is 1. The summed E-state index contributed by atoms with van der Waals surface area (Å²) in [6.07, 6.45) is 4.40. The van der Waals surface area contributed by atoms with E-state index in [4.69, 9.17) is 9.84 Å². The second-order valence-electron chi connectivity index (χ2n) is 4.91. The van der Waals surface area contributed by atoms with Gasteiger partial charge >= 0.3 is 5.97 Å². The van der Waals surface area contributed by atoms with Gasteiger partial charge in [0.25, 0.3) is 0 Å². The Kier molecular flexibility index (Phi) is 3.21. The lowest BCUT2D eigenvalue weighted by Crippen LogP contribution is -2.21. The average molecular weight is 260 g/mol. The molecule has 19 heavy (non-hydrogen) atoms. The third-order valence-corrected chi connectivity index (χ3v) is 3.47. The molecule has 0 radical (unpaired) electrons. The van der Waals surface area contributed by atoms with Crippen molar-refractivity contribution in [1.29, 1.82) is 0 Å². The fraction of sp³-hybridized carbons (Fsp3) is 0.429. The Labute approximate surface area is 110 Å². The number of imidazole rings is 1. The first-order chi connectivity index (χ1) is 9.22. The van der Waals surface area contributed by atoms with Crippen LogP contribution in [0.5, 0.6) is 0 Å². The SMILES string of the molecule is O=C(O)c1ccc2nc(CC3CCCCO3)[nH]c2c1. The summed E-state index contributed by atoms with van der Waals surface area (Å²) in [5, 5.41) is 8.96. The van der Waals surface area contributed by atoms with Crippen molar-refractivity contribution in [2.24, 2.45) is 0 Å². The van der Waals surface area contributed by atoms with Gasteiger partial charge < -0.3 is 14.8 Å². The number of benzene rings is 1. The van der Waals surface area contributed by atoms with Crippen molar-refractivity contribution in [3.63, 3.8) is 0 Å². The van der Waals surface area contributed by atoms with Gasteiger partial charge in [-0.2, -0.15) is 0 Å². The number of aromatic nitrogens is 2. The van der Waals surface area contributed by atoms with Crippen LogP contribution < -0.4 is 0 Å². The van der Waals surface area contributed by atoms with Gasteiger partial charge in [-0.25, -0.2) is 9.78 Å². The van der Waals surface area contributed by atoms with Gasteiger partial charge in [-0.15, -0.1) is 0 Å². The molecule has 1 aromatic heterocycles. The average Bonchev–Trinajstić information content (AvgIpc) is 2.80. The van der Waals surface area contributed by atoms with Crippen molar-refractivity contribution in [3.05, 3.63) is 29.6 Å². The summed E-state index contributed by atoms with van der Waals surface area (Å²) in [7, 11) is 0. The largest absolute Gasteiger partial charge is 0.478 e. The molecule has 2 heterocycles. The van der Waals surface area contributed by atoms with Gasteiger partial charge in [0.15, 0.2) is 0 Å². The monoisotopic (exact) mass is 260 g/mol. The molecule has 1 aliphatic heterocycles. The predicted octanol–water partition coefficient (Wildman–Crippen LogP) is 2.37. The van der Waals surface area contributed by atoms with Gasteiger partial charge in [0.05, 0.1) is 22.7 Å². The van der Waals surface area contributed by atoms with Crippen LogP contribution in [0.1, 0.15) is 35.4 Å². The third-order valence-electron chi connectivity index (χ3n) is 3.47. The summed E-state index contributed by atoms with van der Waals surface area (Å²) < 4.78 is 5.69. The van der Waals surface area contributed by atoms with E-state index >= 15 is 0 Å². The number of H-pyrrole nitrogens is 1. The Balaban J connectivity index is 1.82. The Morgan fingerprint density at radius 1 is 1.47 bits per heavy atom. The normalized spacial score (nSPS) is 19.7. The zero-order valence-electron chi connectivity index (χ0n) is 10.6. The van der Waals surface area contributed by atoms with Gasteiger partial charge in [-0.3, -0.25) is 0 Å². The van der Waals surface area contributed by atoms with Crippen LogP contribution in [-0.4, -0.2) is 33.8 Å². The molecule has 5 nitrogen and oxygen atoms in total. The lowest BCUT2D eigenvalue weighted by atomic mass is 10.1. The van der Waals surface area contributed by atoms with E-state index in [1.54, 1.807) is 18.2 Å². The number of carbonyl (C=O) groups is 1. The van der Waals surface area contributed by atoms with E-state index in [1.807, 2.05) is 0 Å². The van der Waals surface area contributed by atoms with Crippen LogP contribution in [0.15, 0.2) is 18.2 Å². The van der Waals surface area contributed by atoms with Gasteiger partial charge in [-0.1, -0.05) is 0 Å². The van der Waals surface area contributed by atoms with Gasteiger partial charge in [0.2, 0.25) is 0 Å². The van der Waals surface area contributed by atoms with Crippen LogP contribution in [0, 0.1) is 0 Å². The molecule has 2 N–H and O–H groups in total. The molecule has 1 unspecified atom stereocenters. The third kappa shape index (κ3) is 2.61. The highest BCUT2D eigenvalue weighted by atomic mass is 16.5. The molecule has 0 amide bonds. The van der Waals surface area contributed by atoms with E-state index in [0.29, 0.717) is 0 Å². The number of carboxylic acid groups (broad SMARTS) is 1. The predicted molar refractivity (Wildman–Crippen MR) is 70.3 cm³/mol. The van der Waals surface area contributed by atoms with E-state index in [0.717, 1.165) is 42.7 Å². The number of hydrogen-bond donors (Lipinski definition) is 2. The molecular formula is C14H16N2O3. The van der Waals surface area contributed by atoms with Crippen molar-refractivity contribution in [3.8, 4) is 0 Å². The van der Waals surface area contributed by atoms with Crippen LogP contribution in [0.25, 0.3) is 11.0 Å². The summed E-state index contributed by atoms with van der Waals surface area (Å²) in [6, 6.07) is 4.93. The molecule has 1 aromatic carbocycles. The summed E-state index contributed by atoms with van der Waals surface area (Å²) >= 11 is 0. The van der Waals surface area contributed by atoms with Gasteiger partial charge in [0, 0.05) is 13.0 Å². The highest BCUT2D eigenvalue weighted by molar-refractivity contribution is 5.92. The minimum atomic E-state index is -0.923. The number of carboxylic acids is 1. The molecular weight excluding hydrogens is 244 g/mol. The fourth-order valence-corrected chi connectivity index (χ4v) is 2.48. The van der Waals surface area contributed by atoms with Crippen molar-refractivity contribution >= 4 is 17.0 Å². The molecule has 1 saturated heterocycles. The van der Waals surface area contributed by atoms with E-state index in [-0.39, 0.29) is 11.7 Å². The first-order valence-electron chi connectivity index (χ1n) is 6.56. The summed E-state index contributed by atoms with van der Waals surface area (Å²) in [6.45, 7) is 0.827. The summed E-state index contributed by atoms with van der Waals surface area (Å²) in [5.74, 6) is -0.0573. The standard InChI is InChI=1S/C14H16N2O3/c17-14(18)9-4-5-11-12(7-9)16-13(15-11)8-10-3-1-2-6-19-10/h4-5,7,10H,1-3,6,8H2,(H,15,16)(H,17,18). The molecule has 0 aliphatic carbocycles. The van der Waals surface area contributed by atoms with Crippen LogP contribution in [0.3, 0.4) is 0 Å². The number of aromatic carboxylic acids is 1. The molecule has 3 rings (SSSR count). The zero-order valence-corrected chi connectivity index (χ0v) is 10.6. The van der Waals surface area contributed by atoms with Crippen LogP contribution in [0.2, 0.25) is 0 Å². The number of ether oxygens (including phenoxy) is 1. The van der Waals surface area contributed by atoms with Gasteiger partial charge in [0.1, 0.15) is 5.82 Å². The van der Waals surface area contributed by atoms with Crippen LogP contribution in [0.4, 0.5) is 0 Å². The molecule has 1 atom stereocenters. The second kappa shape index (κ2) is 5.01. The molecule has 1 fully saturated rings. The Morgan fingerprint density at radius 3 is 3.11 bits per heavy atom. The summed E-state index contributed by atoms with van der Waals surface area (Å²) in [4.78, 5) is 18.6. The topological polar surface area (TPSA) is 75.2 Å². The highest BCUT2D eigenvalue weighted by Gasteiger charge is 2.16. The quantitative estimate of drug-likeness (QED) is 0.888. The second-order valence-corrected chi connectivity index (χ2v) is 4.91. The summed E-state index contributed by atoms with van der Waals surface area (Å²) in [5.41, 5.74) is 1.85. The van der Waals surface area contributed by atoms with E-state index in [2.05, 4.69) is 9.97 Å². The molecule has 1 aliphatic rings. The first-order valence-corrected chi connectivity index (χ1v) is 6.56. The fourth-order valence-electron chi connectivity index (χ4n) is 2.48. The van der Waals surface area contributed by atoms with Crippen molar-refractivity contribution in [2.45, 2.75) is 31.8 Å². The molecule has 5 heteroatoms. The number of nitrogens with one attached hydrogen (secondary N) is 1. The smallest absolute Gasteiger partial charge is 0.335 e. The number of hydrogen-bond acceptors (Lipinski definition) is 3. The highest BCUT2D eigenvalue weighted by Crippen LogP contribution is 2.19. The minimum absolute atomic E-state index is 0.230. The lowest BCUT2D eigenvalue weighted by molar-refractivity contribution is 0.0158. The molecule has 0 bridgehead atoms.